The van der Waals surface area contributed by atoms with Crippen LogP contribution < -0.4 is 14.5 Å². The molecule has 188 valence electrons. The number of nitrogens with zero attached hydrogens (tertiary/aromatic N) is 4. The fourth-order valence-electron chi connectivity index (χ4n) is 4.72. The monoisotopic (exact) mass is 667 g/mol. The summed E-state index contributed by atoms with van der Waals surface area (Å²) in [4.78, 5) is 8.45. The summed E-state index contributed by atoms with van der Waals surface area (Å²) in [5, 5.41) is 2.10. The zero-order valence-electron chi connectivity index (χ0n) is 21.3. The van der Waals surface area contributed by atoms with Gasteiger partial charge < -0.3 is 24.3 Å². The molecule has 2 aliphatic heterocycles. The molecule has 6 heteroatoms. The van der Waals surface area contributed by atoms with Crippen LogP contribution in [0.25, 0.3) is 10.8 Å². The van der Waals surface area contributed by atoms with Gasteiger partial charge in [-0.15, -0.1) is 53.2 Å². The molecule has 5 nitrogen and oxygen atoms in total. The van der Waals surface area contributed by atoms with E-state index in [-0.39, 0.29) is 26.6 Å². The molecule has 2 aliphatic rings. The zero-order valence-corrected chi connectivity index (χ0v) is 23.5. The van der Waals surface area contributed by atoms with E-state index >= 15 is 0 Å². The molecule has 0 unspecified atom stereocenters. The molecule has 0 spiro atoms. The van der Waals surface area contributed by atoms with Crippen molar-refractivity contribution < 1.29 is 25.8 Å². The predicted octanol–water partition coefficient (Wildman–Crippen LogP) is 7.01. The van der Waals surface area contributed by atoms with E-state index < -0.39 is 0 Å². The van der Waals surface area contributed by atoms with Crippen molar-refractivity contribution in [3.05, 3.63) is 116 Å². The van der Waals surface area contributed by atoms with Crippen LogP contribution in [0.4, 0.5) is 17.1 Å². The molecule has 0 radical (unpaired) electrons. The van der Waals surface area contributed by atoms with Crippen molar-refractivity contribution in [2.45, 2.75) is 19.4 Å². The molecule has 0 saturated carbocycles. The van der Waals surface area contributed by atoms with E-state index in [0.717, 1.165) is 27.8 Å². The summed E-state index contributed by atoms with van der Waals surface area (Å²) < 4.78 is 6.46. The number of hydrogen-bond acceptors (Lipinski definition) is 5. The van der Waals surface area contributed by atoms with E-state index in [2.05, 4.69) is 98.0 Å². The Hall–Kier alpha value is -3.27. The third-order valence-electron chi connectivity index (χ3n) is 7.00. The third-order valence-corrected chi connectivity index (χ3v) is 7.00. The summed E-state index contributed by atoms with van der Waals surface area (Å²) in [6, 6.07) is 31.9. The SMILES string of the molecule is CN1C=CN(c2[c-]c(Oc3[c-]c(N4[CH-]N(C)C(C)(C)c5ccccc54)cc4ccccc34)ccc2)[CH-]1.[Pt+4]. The van der Waals surface area contributed by atoms with Gasteiger partial charge >= 0.3 is 21.1 Å². The Bertz CT molecular complexity index is 1470. The van der Waals surface area contributed by atoms with Crippen molar-refractivity contribution in [1.29, 1.82) is 0 Å². The average molecular weight is 668 g/mol. The summed E-state index contributed by atoms with van der Waals surface area (Å²) in [5.41, 5.74) is 4.13. The van der Waals surface area contributed by atoms with Gasteiger partial charge in [-0.3, -0.25) is 0 Å². The Balaban J connectivity index is 0.00000280. The van der Waals surface area contributed by atoms with Crippen LogP contribution in [0, 0.1) is 25.5 Å². The number of rotatable bonds is 4. The minimum absolute atomic E-state index is 0. The first-order chi connectivity index (χ1) is 17.4. The molecular formula is C31H28N4OPt. The Labute approximate surface area is 233 Å². The zero-order chi connectivity index (χ0) is 24.9. The molecule has 6 rings (SSSR count). The molecule has 0 bridgehead atoms. The topological polar surface area (TPSA) is 22.2 Å². The molecule has 37 heavy (non-hydrogen) atoms. The van der Waals surface area contributed by atoms with Crippen molar-refractivity contribution in [3.63, 3.8) is 0 Å². The Morgan fingerprint density at radius 2 is 1.59 bits per heavy atom. The van der Waals surface area contributed by atoms with Gasteiger partial charge in [0.25, 0.3) is 0 Å². The second-order valence-electron chi connectivity index (χ2n) is 9.73. The van der Waals surface area contributed by atoms with Gasteiger partial charge in [-0.1, -0.05) is 41.8 Å². The van der Waals surface area contributed by atoms with Crippen LogP contribution in [0.15, 0.2) is 85.2 Å². The Morgan fingerprint density at radius 3 is 2.41 bits per heavy atom. The van der Waals surface area contributed by atoms with Crippen LogP contribution in [0.3, 0.4) is 0 Å². The number of para-hydroxylation sites is 1. The molecule has 0 aromatic heterocycles. The largest absolute Gasteiger partial charge is 4.00 e. The minimum Gasteiger partial charge on any atom is -0.510 e. The fraction of sp³-hybridized carbons (Fsp3) is 0.161. The smallest absolute Gasteiger partial charge is 0.510 e. The van der Waals surface area contributed by atoms with Gasteiger partial charge in [0, 0.05) is 22.7 Å². The van der Waals surface area contributed by atoms with Crippen LogP contribution in [-0.4, -0.2) is 23.9 Å². The quantitative estimate of drug-likeness (QED) is 0.218. The molecule has 4 aromatic rings. The van der Waals surface area contributed by atoms with Gasteiger partial charge in [0.1, 0.15) is 0 Å². The van der Waals surface area contributed by atoms with Gasteiger partial charge in [-0.05, 0) is 52.0 Å². The standard InChI is InChI=1S/C31H28N4O.Pt/c1-31(2)28-14-7-8-15-29(28)35(22-33(31)4)25-18-23-10-5-6-13-27(23)30(20-25)36-26-12-9-11-24(19-26)34-17-16-32(3)21-34;/h5-18,21-22H,1-4H3;/q-4;+4. The second kappa shape index (κ2) is 9.89. The maximum Gasteiger partial charge on any atom is 4.00 e. The molecule has 0 atom stereocenters. The molecule has 2 heterocycles. The van der Waals surface area contributed by atoms with Gasteiger partial charge in [-0.25, -0.2) is 0 Å². The summed E-state index contributed by atoms with van der Waals surface area (Å²) in [7, 11) is 4.11. The first kappa shape index (κ1) is 25.4. The molecular weight excluding hydrogens is 639 g/mol. The number of fused-ring (bicyclic) bond motifs is 2. The van der Waals surface area contributed by atoms with E-state index in [9.17, 15) is 0 Å². The van der Waals surface area contributed by atoms with Gasteiger partial charge in [0.2, 0.25) is 0 Å². The Morgan fingerprint density at radius 1 is 0.811 bits per heavy atom. The molecule has 0 amide bonds. The maximum absolute atomic E-state index is 6.46. The molecule has 0 fully saturated rings. The van der Waals surface area contributed by atoms with Crippen molar-refractivity contribution >= 4 is 27.8 Å². The first-order valence-corrected chi connectivity index (χ1v) is 12.1. The summed E-state index contributed by atoms with van der Waals surface area (Å²) in [5.74, 6) is 1.32. The van der Waals surface area contributed by atoms with E-state index in [0.29, 0.717) is 11.5 Å². The molecule has 0 N–H and O–H groups in total. The first-order valence-electron chi connectivity index (χ1n) is 12.1. The molecule has 0 aliphatic carbocycles. The van der Waals surface area contributed by atoms with E-state index in [1.54, 1.807) is 0 Å². The normalized spacial score (nSPS) is 16.6. The molecule has 4 aromatic carbocycles. The molecule has 0 saturated heterocycles. The summed E-state index contributed by atoms with van der Waals surface area (Å²) >= 11 is 0. The van der Waals surface area contributed by atoms with Crippen LogP contribution >= 0.6 is 0 Å². The minimum atomic E-state index is -0.117. The Kier molecular flexibility index (Phi) is 6.78. The van der Waals surface area contributed by atoms with E-state index in [4.69, 9.17) is 4.74 Å². The van der Waals surface area contributed by atoms with Crippen LogP contribution in [0.1, 0.15) is 19.4 Å². The fourth-order valence-corrected chi connectivity index (χ4v) is 4.72. The summed E-state index contributed by atoms with van der Waals surface area (Å²) in [6.45, 7) is 8.63. The number of hydrogen-bond donors (Lipinski definition) is 0. The summed E-state index contributed by atoms with van der Waals surface area (Å²) in [6.07, 6.45) is 4.00. The van der Waals surface area contributed by atoms with Gasteiger partial charge in [0.15, 0.2) is 0 Å². The van der Waals surface area contributed by atoms with Crippen LogP contribution in [-0.2, 0) is 26.6 Å². The second-order valence-corrected chi connectivity index (χ2v) is 9.73. The van der Waals surface area contributed by atoms with Crippen molar-refractivity contribution in [3.8, 4) is 11.5 Å². The van der Waals surface area contributed by atoms with Crippen molar-refractivity contribution in [2.24, 2.45) is 0 Å². The predicted molar refractivity (Wildman–Crippen MR) is 145 cm³/mol. The average Bonchev–Trinajstić information content (AvgIpc) is 3.33. The van der Waals surface area contributed by atoms with Gasteiger partial charge in [0.05, 0.1) is 0 Å². The van der Waals surface area contributed by atoms with E-state index in [1.807, 2.05) is 60.2 Å². The number of ether oxygens (including phenoxy) is 1. The number of benzene rings is 4. The maximum atomic E-state index is 6.46. The van der Waals surface area contributed by atoms with Gasteiger partial charge in [-0.2, -0.15) is 19.4 Å². The van der Waals surface area contributed by atoms with Crippen LogP contribution in [0.5, 0.6) is 11.5 Å². The van der Waals surface area contributed by atoms with Crippen molar-refractivity contribution in [1.82, 2.24) is 9.80 Å². The third kappa shape index (κ3) is 4.63. The number of anilines is 3. The van der Waals surface area contributed by atoms with E-state index in [1.165, 1.54) is 5.56 Å². The van der Waals surface area contributed by atoms with Crippen molar-refractivity contribution in [2.75, 3.05) is 23.9 Å². The van der Waals surface area contributed by atoms with Crippen LogP contribution in [0.2, 0.25) is 0 Å².